The number of nitrogens with one attached hydrogen (secondary N) is 1. The molecule has 114 valence electrons. The summed E-state index contributed by atoms with van der Waals surface area (Å²) >= 11 is 0.922. The molecule has 0 spiro atoms. The maximum atomic E-state index is 13.4. The zero-order valence-electron chi connectivity index (χ0n) is 11.3. The van der Waals surface area contributed by atoms with E-state index in [1.54, 1.807) is 0 Å². The van der Waals surface area contributed by atoms with Gasteiger partial charge in [0.15, 0.2) is 5.13 Å². The number of esters is 1. The maximum absolute atomic E-state index is 13.4. The lowest BCUT2D eigenvalue weighted by molar-refractivity contribution is -0.111. The molecule has 0 radical (unpaired) electrons. The number of carbonyl (C=O) groups excluding carboxylic acids is 2. The number of amides is 1. The van der Waals surface area contributed by atoms with Gasteiger partial charge in [0.2, 0.25) is 5.91 Å². The van der Waals surface area contributed by atoms with Crippen LogP contribution in [0.1, 0.15) is 15.2 Å². The predicted octanol–water partition coefficient (Wildman–Crippen LogP) is 2.86. The smallest absolute Gasteiger partial charge is 0.349 e. The second-order valence-electron chi connectivity index (χ2n) is 3.98. The third-order valence-electron chi connectivity index (χ3n) is 2.52. The summed E-state index contributed by atoms with van der Waals surface area (Å²) < 4.78 is 31.3. The highest BCUT2D eigenvalue weighted by atomic mass is 32.1. The van der Waals surface area contributed by atoms with Crippen LogP contribution >= 0.6 is 11.3 Å². The highest BCUT2D eigenvalue weighted by Crippen LogP contribution is 2.19. The molecular weight excluding hydrogens is 314 g/mol. The third-order valence-corrected chi connectivity index (χ3v) is 3.42. The average molecular weight is 324 g/mol. The molecule has 8 heteroatoms. The average Bonchev–Trinajstić information content (AvgIpc) is 2.94. The Morgan fingerprint density at radius 1 is 1.32 bits per heavy atom. The normalized spacial score (nSPS) is 10.7. The Labute approximate surface area is 128 Å². The lowest BCUT2D eigenvalue weighted by atomic mass is 10.2. The molecule has 22 heavy (non-hydrogen) atoms. The highest BCUT2D eigenvalue weighted by Gasteiger charge is 2.11. The Balaban J connectivity index is 2.05. The van der Waals surface area contributed by atoms with Gasteiger partial charge in [0.05, 0.1) is 13.3 Å². The predicted molar refractivity (Wildman–Crippen MR) is 77.5 cm³/mol. The van der Waals surface area contributed by atoms with E-state index in [1.165, 1.54) is 19.4 Å². The van der Waals surface area contributed by atoms with Gasteiger partial charge in [0, 0.05) is 11.6 Å². The molecular formula is C14H10F2N2O3S. The number of thiazole rings is 1. The number of anilines is 1. The van der Waals surface area contributed by atoms with Crippen LogP contribution in [-0.4, -0.2) is 24.0 Å². The number of carbonyl (C=O) groups is 2. The van der Waals surface area contributed by atoms with Crippen molar-refractivity contribution >= 4 is 34.4 Å². The number of aromatic nitrogens is 1. The molecule has 0 bridgehead atoms. The Kier molecular flexibility index (Phi) is 4.95. The van der Waals surface area contributed by atoms with Crippen molar-refractivity contribution in [2.45, 2.75) is 0 Å². The second-order valence-corrected chi connectivity index (χ2v) is 5.01. The summed E-state index contributed by atoms with van der Waals surface area (Å²) in [5.41, 5.74) is -0.313. The van der Waals surface area contributed by atoms with Crippen molar-refractivity contribution in [3.8, 4) is 0 Å². The fraction of sp³-hybridized carbons (Fsp3) is 0.0714. The Morgan fingerprint density at radius 3 is 2.64 bits per heavy atom. The van der Waals surface area contributed by atoms with Crippen LogP contribution in [0.15, 0.2) is 30.5 Å². The molecule has 0 saturated heterocycles. The summed E-state index contributed by atoms with van der Waals surface area (Å²) in [6, 6.07) is 3.40. The standard InChI is InChI=1S/C14H10F2N2O3S/c1-21-13(20)11-7-17-14(22-11)18-12(19)6-5-8-9(15)3-2-4-10(8)16/h2-7H,1H3,(H,17,18,19). The molecule has 1 amide bonds. The fourth-order valence-corrected chi connectivity index (χ4v) is 2.24. The molecule has 0 aliphatic rings. The van der Waals surface area contributed by atoms with E-state index >= 15 is 0 Å². The summed E-state index contributed by atoms with van der Waals surface area (Å²) in [5.74, 6) is -2.74. The summed E-state index contributed by atoms with van der Waals surface area (Å²) in [6.07, 6.45) is 3.25. The number of ether oxygens (including phenoxy) is 1. The van der Waals surface area contributed by atoms with Crippen LogP contribution < -0.4 is 5.32 Å². The van der Waals surface area contributed by atoms with E-state index < -0.39 is 23.5 Å². The van der Waals surface area contributed by atoms with Crippen molar-refractivity contribution in [1.29, 1.82) is 0 Å². The molecule has 1 aromatic carbocycles. The van der Waals surface area contributed by atoms with Crippen molar-refractivity contribution in [3.05, 3.63) is 52.5 Å². The van der Waals surface area contributed by atoms with Crippen LogP contribution in [0.4, 0.5) is 13.9 Å². The summed E-state index contributed by atoms with van der Waals surface area (Å²) in [7, 11) is 1.23. The summed E-state index contributed by atoms with van der Waals surface area (Å²) in [5, 5.41) is 2.55. The summed E-state index contributed by atoms with van der Waals surface area (Å²) in [4.78, 5) is 26.9. The molecule has 0 atom stereocenters. The number of benzene rings is 1. The lowest BCUT2D eigenvalue weighted by Gasteiger charge is -1.99. The van der Waals surface area contributed by atoms with Crippen molar-refractivity contribution in [2.75, 3.05) is 12.4 Å². The molecule has 5 nitrogen and oxygen atoms in total. The number of hydrogen-bond acceptors (Lipinski definition) is 5. The van der Waals surface area contributed by atoms with E-state index in [4.69, 9.17) is 0 Å². The van der Waals surface area contributed by atoms with Crippen LogP contribution in [0.25, 0.3) is 6.08 Å². The van der Waals surface area contributed by atoms with E-state index in [1.807, 2.05) is 0 Å². The molecule has 0 unspecified atom stereocenters. The van der Waals surface area contributed by atoms with Crippen molar-refractivity contribution < 1.29 is 23.1 Å². The number of rotatable bonds is 4. The molecule has 0 saturated carbocycles. The number of halogens is 2. The quantitative estimate of drug-likeness (QED) is 0.693. The Bertz CT molecular complexity index is 723. The highest BCUT2D eigenvalue weighted by molar-refractivity contribution is 7.17. The van der Waals surface area contributed by atoms with Gasteiger partial charge >= 0.3 is 5.97 Å². The van der Waals surface area contributed by atoms with Crippen molar-refractivity contribution in [1.82, 2.24) is 4.98 Å². The number of nitrogens with zero attached hydrogens (tertiary/aromatic N) is 1. The van der Waals surface area contributed by atoms with Crippen LogP contribution in [0.3, 0.4) is 0 Å². The van der Waals surface area contributed by atoms with E-state index in [0.717, 1.165) is 35.6 Å². The van der Waals surface area contributed by atoms with Gasteiger partial charge < -0.3 is 4.74 Å². The first-order valence-corrected chi connectivity index (χ1v) is 6.80. The molecule has 1 aromatic heterocycles. The first kappa shape index (κ1) is 15.8. The van der Waals surface area contributed by atoms with Gasteiger partial charge in [-0.3, -0.25) is 10.1 Å². The van der Waals surface area contributed by atoms with Gasteiger partial charge in [-0.25, -0.2) is 18.6 Å². The minimum absolute atomic E-state index is 0.170. The molecule has 0 aliphatic heterocycles. The zero-order chi connectivity index (χ0) is 16.1. The van der Waals surface area contributed by atoms with E-state index in [0.29, 0.717) is 0 Å². The van der Waals surface area contributed by atoms with Gasteiger partial charge in [0.1, 0.15) is 16.5 Å². The van der Waals surface area contributed by atoms with Gasteiger partial charge in [0.25, 0.3) is 0 Å². The molecule has 1 heterocycles. The Hall–Kier alpha value is -2.61. The molecule has 1 N–H and O–H groups in total. The zero-order valence-corrected chi connectivity index (χ0v) is 12.1. The maximum Gasteiger partial charge on any atom is 0.349 e. The van der Waals surface area contributed by atoms with Crippen molar-refractivity contribution in [3.63, 3.8) is 0 Å². The Morgan fingerprint density at radius 2 is 2.00 bits per heavy atom. The van der Waals surface area contributed by atoms with Gasteiger partial charge in [-0.05, 0) is 18.2 Å². The van der Waals surface area contributed by atoms with E-state index in [2.05, 4.69) is 15.0 Å². The van der Waals surface area contributed by atoms with Gasteiger partial charge in [-0.15, -0.1) is 0 Å². The van der Waals surface area contributed by atoms with Crippen LogP contribution in [0.5, 0.6) is 0 Å². The minimum atomic E-state index is -0.772. The topological polar surface area (TPSA) is 68.3 Å². The van der Waals surface area contributed by atoms with Crippen molar-refractivity contribution in [2.24, 2.45) is 0 Å². The monoisotopic (exact) mass is 324 g/mol. The van der Waals surface area contributed by atoms with Crippen LogP contribution in [-0.2, 0) is 9.53 Å². The first-order chi connectivity index (χ1) is 10.5. The van der Waals surface area contributed by atoms with Crippen LogP contribution in [0, 0.1) is 11.6 Å². The van der Waals surface area contributed by atoms with Gasteiger partial charge in [-0.2, -0.15) is 0 Å². The van der Waals surface area contributed by atoms with Crippen LogP contribution in [0.2, 0.25) is 0 Å². The fourth-order valence-electron chi connectivity index (χ4n) is 1.50. The number of methoxy groups -OCH3 is 1. The molecule has 2 aromatic rings. The van der Waals surface area contributed by atoms with E-state index in [9.17, 15) is 18.4 Å². The second kappa shape index (κ2) is 6.90. The minimum Gasteiger partial charge on any atom is -0.465 e. The summed E-state index contributed by atoms with van der Waals surface area (Å²) in [6.45, 7) is 0. The van der Waals surface area contributed by atoms with E-state index in [-0.39, 0.29) is 15.6 Å². The first-order valence-electron chi connectivity index (χ1n) is 5.98. The SMILES string of the molecule is COC(=O)c1cnc(NC(=O)C=Cc2c(F)cccc2F)s1. The number of hydrogen-bond donors (Lipinski definition) is 1. The largest absolute Gasteiger partial charge is 0.465 e. The third kappa shape index (κ3) is 3.73. The molecule has 0 aliphatic carbocycles. The van der Waals surface area contributed by atoms with Gasteiger partial charge in [-0.1, -0.05) is 17.4 Å². The lowest BCUT2D eigenvalue weighted by Crippen LogP contribution is -2.07. The molecule has 0 fully saturated rings. The molecule has 2 rings (SSSR count).